The largest absolute Gasteiger partial charge is 0.463 e. The van der Waals surface area contributed by atoms with Gasteiger partial charge in [0.1, 0.15) is 29.4 Å². The van der Waals surface area contributed by atoms with Gasteiger partial charge in [-0.2, -0.15) is 5.26 Å². The number of aromatic nitrogens is 2. The number of hydrogen-bond donors (Lipinski definition) is 1. The third-order valence-corrected chi connectivity index (χ3v) is 5.99. The summed E-state index contributed by atoms with van der Waals surface area (Å²) in [5.41, 5.74) is 3.47. The van der Waals surface area contributed by atoms with E-state index in [-0.39, 0.29) is 11.5 Å². The van der Waals surface area contributed by atoms with Crippen molar-refractivity contribution in [3.05, 3.63) is 76.9 Å². The number of ether oxygens (including phenoxy) is 1. The number of imidazole rings is 1. The molecule has 0 aliphatic heterocycles. The average molecular weight is 474 g/mol. The molecule has 7 nitrogen and oxygen atoms in total. The Labute approximate surface area is 206 Å². The molecule has 0 bridgehead atoms. The molecule has 0 radical (unpaired) electrons. The molecule has 182 valence electrons. The summed E-state index contributed by atoms with van der Waals surface area (Å²) >= 11 is 0. The Morgan fingerprint density at radius 3 is 2.43 bits per heavy atom. The van der Waals surface area contributed by atoms with E-state index in [1.165, 1.54) is 7.11 Å². The predicted octanol–water partition coefficient (Wildman–Crippen LogP) is 4.86. The smallest absolute Gasteiger partial charge is 0.379 e. The van der Waals surface area contributed by atoms with Crippen molar-refractivity contribution in [1.82, 2.24) is 9.55 Å². The summed E-state index contributed by atoms with van der Waals surface area (Å²) < 4.78 is 6.49. The Bertz CT molecular complexity index is 1240. The molecule has 2 aromatic carbocycles. The van der Waals surface area contributed by atoms with Gasteiger partial charge in [0.15, 0.2) is 0 Å². The number of rotatable bonds is 10. The molecule has 3 aromatic rings. The maximum atomic E-state index is 12.4. The number of esters is 1. The molecule has 0 fully saturated rings. The first-order valence-electron chi connectivity index (χ1n) is 11.8. The molecule has 0 saturated heterocycles. The van der Waals surface area contributed by atoms with Crippen molar-refractivity contribution in [2.24, 2.45) is 5.92 Å². The van der Waals surface area contributed by atoms with Crippen LogP contribution in [0.5, 0.6) is 0 Å². The van der Waals surface area contributed by atoms with Crippen LogP contribution in [0.15, 0.2) is 48.5 Å². The van der Waals surface area contributed by atoms with E-state index in [1.54, 1.807) is 18.2 Å². The van der Waals surface area contributed by atoms with Crippen LogP contribution < -0.4 is 0 Å². The summed E-state index contributed by atoms with van der Waals surface area (Å²) in [6, 6.07) is 16.8. The Kier molecular flexibility index (Phi) is 8.56. The molecule has 0 spiro atoms. The minimum absolute atomic E-state index is 0.0588. The first kappa shape index (κ1) is 25.9. The van der Waals surface area contributed by atoms with E-state index < -0.39 is 17.9 Å². The summed E-state index contributed by atoms with van der Waals surface area (Å²) in [4.78, 5) is 28.9. The number of hydrogen-bond acceptors (Lipinski definition) is 6. The fourth-order valence-corrected chi connectivity index (χ4v) is 3.96. The summed E-state index contributed by atoms with van der Waals surface area (Å²) in [5, 5.41) is 20.5. The van der Waals surface area contributed by atoms with Crippen LogP contribution in [0.4, 0.5) is 0 Å². The Hall–Kier alpha value is -3.76. The molecule has 0 aliphatic carbocycles. The number of methoxy groups -OCH3 is 1. The minimum Gasteiger partial charge on any atom is -0.463 e. The first-order chi connectivity index (χ1) is 16.8. The van der Waals surface area contributed by atoms with Gasteiger partial charge >= 0.3 is 5.97 Å². The Balaban J connectivity index is 1.96. The van der Waals surface area contributed by atoms with Crippen molar-refractivity contribution >= 4 is 11.8 Å². The molecule has 35 heavy (non-hydrogen) atoms. The first-order valence-corrected chi connectivity index (χ1v) is 11.8. The highest BCUT2D eigenvalue weighted by atomic mass is 16.5. The third kappa shape index (κ3) is 5.67. The van der Waals surface area contributed by atoms with E-state index in [9.17, 15) is 20.0 Å². The number of aryl methyl sites for hydroxylation is 1. The van der Waals surface area contributed by atoms with Crippen molar-refractivity contribution in [3.63, 3.8) is 0 Å². The van der Waals surface area contributed by atoms with Gasteiger partial charge in [-0.1, -0.05) is 75.7 Å². The topological polar surface area (TPSA) is 105 Å². The van der Waals surface area contributed by atoms with Gasteiger partial charge in [0.2, 0.25) is 0 Å². The lowest BCUT2D eigenvalue weighted by Crippen LogP contribution is -2.16. The Morgan fingerprint density at radius 1 is 1.14 bits per heavy atom. The molecule has 1 aromatic heterocycles. The SMILES string of the molecule is CCCCc1nc(C(O)C(C)C)c(C#N)n1Cc1ccc(-c2ccccc2C(=O)C(=O)OC)cc1. The van der Waals surface area contributed by atoms with Crippen molar-refractivity contribution in [2.75, 3.05) is 7.11 Å². The molecule has 1 N–H and O–H groups in total. The number of unbranched alkanes of at least 4 members (excludes halogenated alkanes) is 1. The number of aliphatic hydroxyl groups is 1. The van der Waals surface area contributed by atoms with Crippen LogP contribution in [0, 0.1) is 17.2 Å². The van der Waals surface area contributed by atoms with Gasteiger partial charge in [0.05, 0.1) is 7.11 Å². The van der Waals surface area contributed by atoms with Crippen LogP contribution in [0.25, 0.3) is 11.1 Å². The molecule has 0 amide bonds. The van der Waals surface area contributed by atoms with Gasteiger partial charge in [-0.15, -0.1) is 0 Å². The van der Waals surface area contributed by atoms with Crippen molar-refractivity contribution in [3.8, 4) is 17.2 Å². The van der Waals surface area contributed by atoms with Crippen molar-refractivity contribution < 1.29 is 19.4 Å². The second kappa shape index (κ2) is 11.6. The average Bonchev–Trinajstić information content (AvgIpc) is 3.23. The minimum atomic E-state index is -0.905. The standard InChI is InChI=1S/C28H31N3O4/c1-5-6-11-24-30-25(26(32)18(2)3)23(16-29)31(24)17-19-12-14-20(15-13-19)21-9-7-8-10-22(21)27(33)28(34)35-4/h7-10,12-15,18,26,32H,5-6,11,17H2,1-4H3. The van der Waals surface area contributed by atoms with Crippen LogP contribution >= 0.6 is 0 Å². The summed E-state index contributed by atoms with van der Waals surface area (Å²) in [6.45, 7) is 6.34. The second-order valence-corrected chi connectivity index (χ2v) is 8.82. The van der Waals surface area contributed by atoms with Gasteiger partial charge in [0, 0.05) is 18.5 Å². The number of carbonyl (C=O) groups is 2. The molecule has 3 rings (SSSR count). The lowest BCUT2D eigenvalue weighted by molar-refractivity contribution is -0.135. The summed E-state index contributed by atoms with van der Waals surface area (Å²) in [7, 11) is 1.18. The van der Waals surface area contributed by atoms with Crippen LogP contribution in [0.3, 0.4) is 0 Å². The van der Waals surface area contributed by atoms with E-state index in [0.717, 1.165) is 36.2 Å². The highest BCUT2D eigenvalue weighted by molar-refractivity contribution is 6.41. The van der Waals surface area contributed by atoms with E-state index in [1.807, 2.05) is 48.7 Å². The van der Waals surface area contributed by atoms with E-state index in [2.05, 4.69) is 22.7 Å². The van der Waals surface area contributed by atoms with Crippen LogP contribution in [0.2, 0.25) is 0 Å². The lowest BCUT2D eigenvalue weighted by Gasteiger charge is -2.13. The normalized spacial score (nSPS) is 11.8. The number of carbonyl (C=O) groups excluding carboxylic acids is 2. The molecule has 1 atom stereocenters. The lowest BCUT2D eigenvalue weighted by atomic mass is 9.96. The molecular formula is C28H31N3O4. The predicted molar refractivity (Wildman–Crippen MR) is 133 cm³/mol. The maximum absolute atomic E-state index is 12.4. The molecular weight excluding hydrogens is 442 g/mol. The number of benzene rings is 2. The third-order valence-electron chi connectivity index (χ3n) is 5.99. The quantitative estimate of drug-likeness (QED) is 0.256. The second-order valence-electron chi connectivity index (χ2n) is 8.82. The Morgan fingerprint density at radius 2 is 1.83 bits per heavy atom. The van der Waals surface area contributed by atoms with E-state index >= 15 is 0 Å². The zero-order chi connectivity index (χ0) is 25.5. The highest BCUT2D eigenvalue weighted by Crippen LogP contribution is 2.28. The number of aliphatic hydroxyl groups excluding tert-OH is 1. The zero-order valence-electron chi connectivity index (χ0n) is 20.6. The molecule has 1 unspecified atom stereocenters. The number of Topliss-reactive ketones (excluding diaryl/α,β-unsaturated/α-hetero) is 1. The highest BCUT2D eigenvalue weighted by Gasteiger charge is 2.25. The van der Waals surface area contributed by atoms with Gasteiger partial charge in [0.25, 0.3) is 5.78 Å². The van der Waals surface area contributed by atoms with Gasteiger partial charge in [-0.05, 0) is 29.0 Å². The number of ketones is 1. The van der Waals surface area contributed by atoms with Crippen LogP contribution in [-0.2, 0) is 22.5 Å². The van der Waals surface area contributed by atoms with Gasteiger partial charge in [-0.3, -0.25) is 4.79 Å². The maximum Gasteiger partial charge on any atom is 0.379 e. The summed E-state index contributed by atoms with van der Waals surface area (Å²) in [6.07, 6.45) is 1.84. The zero-order valence-corrected chi connectivity index (χ0v) is 20.6. The van der Waals surface area contributed by atoms with Crippen LogP contribution in [-0.4, -0.2) is 33.5 Å². The van der Waals surface area contributed by atoms with Crippen molar-refractivity contribution in [1.29, 1.82) is 5.26 Å². The fourth-order valence-electron chi connectivity index (χ4n) is 3.96. The molecule has 0 aliphatic rings. The summed E-state index contributed by atoms with van der Waals surface area (Å²) in [5.74, 6) is -0.869. The number of nitriles is 1. The number of nitrogens with zero attached hydrogens (tertiary/aromatic N) is 3. The van der Waals surface area contributed by atoms with E-state index in [4.69, 9.17) is 0 Å². The molecule has 0 saturated carbocycles. The van der Waals surface area contributed by atoms with Crippen LogP contribution in [0.1, 0.15) is 72.9 Å². The van der Waals surface area contributed by atoms with Gasteiger partial charge < -0.3 is 14.4 Å². The van der Waals surface area contributed by atoms with Crippen molar-refractivity contribution in [2.45, 2.75) is 52.7 Å². The van der Waals surface area contributed by atoms with Gasteiger partial charge in [-0.25, -0.2) is 9.78 Å². The molecule has 7 heteroatoms. The molecule has 1 heterocycles. The fraction of sp³-hybridized carbons (Fsp3) is 0.357. The van der Waals surface area contributed by atoms with E-state index in [0.29, 0.717) is 23.5 Å². The monoisotopic (exact) mass is 473 g/mol.